The van der Waals surface area contributed by atoms with Crippen LogP contribution >= 0.6 is 0 Å². The van der Waals surface area contributed by atoms with E-state index in [4.69, 9.17) is 9.47 Å². The highest BCUT2D eigenvalue weighted by molar-refractivity contribution is 6.01. The summed E-state index contributed by atoms with van der Waals surface area (Å²) in [5.41, 5.74) is 2.00. The number of benzene rings is 2. The molecular formula is C22H23FN2O4. The molecule has 2 aromatic carbocycles. The molecule has 0 aromatic heterocycles. The topological polar surface area (TPSA) is 67.9 Å². The van der Waals surface area contributed by atoms with Gasteiger partial charge in [0, 0.05) is 18.7 Å². The number of ether oxygens (including phenoxy) is 2. The third-order valence-corrected chi connectivity index (χ3v) is 5.68. The summed E-state index contributed by atoms with van der Waals surface area (Å²) < 4.78 is 24.3. The second-order valence-corrected chi connectivity index (χ2v) is 7.34. The number of nitrogens with zero attached hydrogens (tertiary/aromatic N) is 1. The van der Waals surface area contributed by atoms with Gasteiger partial charge in [0.1, 0.15) is 5.82 Å². The number of anilines is 1. The highest BCUT2D eigenvalue weighted by atomic mass is 19.1. The number of carbonyl (C=O) groups excluding carboxylic acids is 2. The van der Waals surface area contributed by atoms with Gasteiger partial charge in [-0.15, -0.1) is 0 Å². The van der Waals surface area contributed by atoms with E-state index in [-0.39, 0.29) is 24.3 Å². The van der Waals surface area contributed by atoms with E-state index in [1.807, 2.05) is 23.1 Å². The van der Waals surface area contributed by atoms with Crippen molar-refractivity contribution in [1.82, 2.24) is 4.90 Å². The van der Waals surface area contributed by atoms with E-state index in [0.717, 1.165) is 18.4 Å². The van der Waals surface area contributed by atoms with Gasteiger partial charge in [-0.05, 0) is 48.2 Å². The van der Waals surface area contributed by atoms with Crippen molar-refractivity contribution in [2.75, 3.05) is 26.1 Å². The van der Waals surface area contributed by atoms with Crippen molar-refractivity contribution in [3.05, 3.63) is 53.3 Å². The Hall–Kier alpha value is -3.09. The SMILES string of the molecule is COc1ccc([C@@H]2CCCN2C(=O)[C@@H]2CC(=O)Nc3cc(F)ccc32)cc1OC. The van der Waals surface area contributed by atoms with Crippen LogP contribution < -0.4 is 14.8 Å². The molecule has 1 saturated heterocycles. The third-order valence-electron chi connectivity index (χ3n) is 5.68. The third kappa shape index (κ3) is 3.52. The van der Waals surface area contributed by atoms with Crippen LogP contribution in [-0.4, -0.2) is 37.5 Å². The molecule has 152 valence electrons. The van der Waals surface area contributed by atoms with Crippen molar-refractivity contribution >= 4 is 17.5 Å². The number of nitrogens with one attached hydrogen (secondary N) is 1. The van der Waals surface area contributed by atoms with E-state index in [9.17, 15) is 14.0 Å². The zero-order chi connectivity index (χ0) is 20.5. The number of amides is 2. The van der Waals surface area contributed by atoms with Crippen LogP contribution in [0.2, 0.25) is 0 Å². The summed E-state index contributed by atoms with van der Waals surface area (Å²) in [5.74, 6) is -0.191. The Bertz CT molecular complexity index is 962. The molecule has 0 bridgehead atoms. The fraction of sp³-hybridized carbons (Fsp3) is 0.364. The number of hydrogen-bond donors (Lipinski definition) is 1. The molecular weight excluding hydrogens is 375 g/mol. The minimum Gasteiger partial charge on any atom is -0.493 e. The molecule has 29 heavy (non-hydrogen) atoms. The molecule has 2 atom stereocenters. The average Bonchev–Trinajstić information content (AvgIpc) is 3.21. The molecule has 2 amide bonds. The van der Waals surface area contributed by atoms with Gasteiger partial charge < -0.3 is 19.7 Å². The van der Waals surface area contributed by atoms with Crippen LogP contribution in [-0.2, 0) is 9.59 Å². The quantitative estimate of drug-likeness (QED) is 0.854. The zero-order valence-electron chi connectivity index (χ0n) is 16.4. The van der Waals surface area contributed by atoms with E-state index < -0.39 is 11.7 Å². The summed E-state index contributed by atoms with van der Waals surface area (Å²) >= 11 is 0. The lowest BCUT2D eigenvalue weighted by Gasteiger charge is -2.32. The summed E-state index contributed by atoms with van der Waals surface area (Å²) in [6.45, 7) is 0.618. The number of carbonyl (C=O) groups is 2. The standard InChI is InChI=1S/C22H23FN2O4/c1-28-19-8-5-13(10-20(19)29-2)18-4-3-9-25(18)22(27)16-12-21(26)24-17-11-14(23)6-7-15(16)17/h5-8,10-11,16,18H,3-4,9,12H2,1-2H3,(H,24,26)/t16-,18+/m1/s1. The molecule has 2 aliphatic heterocycles. The zero-order valence-corrected chi connectivity index (χ0v) is 16.4. The van der Waals surface area contributed by atoms with Crippen LogP contribution in [0, 0.1) is 5.82 Å². The summed E-state index contributed by atoms with van der Waals surface area (Å²) in [4.78, 5) is 27.4. The smallest absolute Gasteiger partial charge is 0.231 e. The fourth-order valence-corrected chi connectivity index (χ4v) is 4.29. The summed E-state index contributed by atoms with van der Waals surface area (Å²) in [5, 5.41) is 2.67. The van der Waals surface area contributed by atoms with E-state index in [1.54, 1.807) is 20.3 Å². The lowest BCUT2D eigenvalue weighted by Crippen LogP contribution is -2.38. The monoisotopic (exact) mass is 398 g/mol. The molecule has 0 aliphatic carbocycles. The van der Waals surface area contributed by atoms with Crippen LogP contribution in [0.3, 0.4) is 0 Å². The number of fused-ring (bicyclic) bond motifs is 1. The molecule has 4 rings (SSSR count). The van der Waals surface area contributed by atoms with E-state index in [1.165, 1.54) is 12.1 Å². The van der Waals surface area contributed by atoms with Crippen molar-refractivity contribution < 1.29 is 23.5 Å². The predicted molar refractivity (Wildman–Crippen MR) is 106 cm³/mol. The van der Waals surface area contributed by atoms with E-state index in [2.05, 4.69) is 5.32 Å². The van der Waals surface area contributed by atoms with Gasteiger partial charge in [-0.1, -0.05) is 12.1 Å². The molecule has 2 aliphatic rings. The first-order valence-electron chi connectivity index (χ1n) is 9.63. The average molecular weight is 398 g/mol. The van der Waals surface area contributed by atoms with E-state index >= 15 is 0 Å². The number of hydrogen-bond acceptors (Lipinski definition) is 4. The molecule has 0 radical (unpaired) electrons. The van der Waals surface area contributed by atoms with Gasteiger partial charge in [0.15, 0.2) is 11.5 Å². The van der Waals surface area contributed by atoms with Gasteiger partial charge in [-0.3, -0.25) is 9.59 Å². The van der Waals surface area contributed by atoms with Gasteiger partial charge in [0.25, 0.3) is 0 Å². The second-order valence-electron chi connectivity index (χ2n) is 7.34. The van der Waals surface area contributed by atoms with Crippen molar-refractivity contribution in [2.45, 2.75) is 31.2 Å². The van der Waals surface area contributed by atoms with Crippen molar-refractivity contribution in [2.24, 2.45) is 0 Å². The molecule has 0 saturated carbocycles. The molecule has 2 heterocycles. The Balaban J connectivity index is 1.65. The van der Waals surface area contributed by atoms with Gasteiger partial charge in [-0.25, -0.2) is 4.39 Å². The number of rotatable bonds is 4. The van der Waals surface area contributed by atoms with E-state index in [0.29, 0.717) is 29.3 Å². The van der Waals surface area contributed by atoms with Crippen molar-refractivity contribution in [3.63, 3.8) is 0 Å². The normalized spacial score (nSPS) is 20.8. The highest BCUT2D eigenvalue weighted by Gasteiger charge is 2.38. The Morgan fingerprint density at radius 2 is 1.93 bits per heavy atom. The van der Waals surface area contributed by atoms with Crippen LogP contribution in [0.25, 0.3) is 0 Å². The maximum Gasteiger partial charge on any atom is 0.231 e. The molecule has 1 fully saturated rings. The lowest BCUT2D eigenvalue weighted by molar-refractivity contribution is -0.135. The Morgan fingerprint density at radius 3 is 2.69 bits per heavy atom. The largest absolute Gasteiger partial charge is 0.493 e. The summed E-state index contributed by atoms with van der Waals surface area (Å²) in [6.07, 6.45) is 1.77. The number of methoxy groups -OCH3 is 2. The first kappa shape index (κ1) is 19.2. The van der Waals surface area contributed by atoms with Gasteiger partial charge >= 0.3 is 0 Å². The Morgan fingerprint density at radius 1 is 1.14 bits per heavy atom. The molecule has 0 spiro atoms. The lowest BCUT2D eigenvalue weighted by atomic mass is 9.88. The second kappa shape index (κ2) is 7.73. The van der Waals surface area contributed by atoms with Gasteiger partial charge in [0.05, 0.1) is 26.2 Å². The minimum atomic E-state index is -0.611. The molecule has 6 nitrogen and oxygen atoms in total. The van der Waals surface area contributed by atoms with Gasteiger partial charge in [-0.2, -0.15) is 0 Å². The van der Waals surface area contributed by atoms with Crippen LogP contribution in [0.5, 0.6) is 11.5 Å². The van der Waals surface area contributed by atoms with Crippen LogP contribution in [0.15, 0.2) is 36.4 Å². The molecule has 7 heteroatoms. The van der Waals surface area contributed by atoms with Crippen LogP contribution in [0.4, 0.5) is 10.1 Å². The Labute approximate surface area is 168 Å². The summed E-state index contributed by atoms with van der Waals surface area (Å²) in [6, 6.07) is 9.75. The van der Waals surface area contributed by atoms with Crippen LogP contribution in [0.1, 0.15) is 42.3 Å². The predicted octanol–water partition coefficient (Wildman–Crippen LogP) is 3.63. The minimum absolute atomic E-state index is 0.0621. The molecule has 0 unspecified atom stereocenters. The molecule has 1 N–H and O–H groups in total. The maximum absolute atomic E-state index is 13.6. The maximum atomic E-state index is 13.6. The molecule has 2 aromatic rings. The number of likely N-dealkylation sites (tertiary alicyclic amines) is 1. The fourth-order valence-electron chi connectivity index (χ4n) is 4.29. The first-order chi connectivity index (χ1) is 14.0. The van der Waals surface area contributed by atoms with Crippen molar-refractivity contribution in [1.29, 1.82) is 0 Å². The van der Waals surface area contributed by atoms with Crippen molar-refractivity contribution in [3.8, 4) is 11.5 Å². The Kier molecular flexibility index (Phi) is 5.13. The summed E-state index contributed by atoms with van der Waals surface area (Å²) in [7, 11) is 3.16. The number of halogens is 1. The highest BCUT2D eigenvalue weighted by Crippen LogP contribution is 2.41. The first-order valence-corrected chi connectivity index (χ1v) is 9.63. The van der Waals surface area contributed by atoms with Gasteiger partial charge in [0.2, 0.25) is 11.8 Å².